The van der Waals surface area contributed by atoms with Gasteiger partial charge in [0.05, 0.1) is 0 Å². The van der Waals surface area contributed by atoms with Crippen LogP contribution in [0.25, 0.3) is 11.3 Å². The van der Waals surface area contributed by atoms with Gasteiger partial charge in [0.1, 0.15) is 23.9 Å². The molecule has 2 aliphatic heterocycles. The Morgan fingerprint density at radius 1 is 0.857 bits per heavy atom. The zero-order valence-corrected chi connectivity index (χ0v) is 20.5. The van der Waals surface area contributed by atoms with E-state index in [2.05, 4.69) is 116 Å². The van der Waals surface area contributed by atoms with Gasteiger partial charge in [-0.05, 0) is 61.1 Å². The number of fused-ring (bicyclic) bond motifs is 5. The van der Waals surface area contributed by atoms with Gasteiger partial charge < -0.3 is 9.80 Å². The highest BCUT2D eigenvalue weighted by molar-refractivity contribution is 5.96. The van der Waals surface area contributed by atoms with E-state index < -0.39 is 0 Å². The summed E-state index contributed by atoms with van der Waals surface area (Å²) in [5.41, 5.74) is 9.47. The summed E-state index contributed by atoms with van der Waals surface area (Å²) < 4.78 is 0. The summed E-state index contributed by atoms with van der Waals surface area (Å²) in [5, 5.41) is 0. The van der Waals surface area contributed by atoms with Gasteiger partial charge in [-0.2, -0.15) is 0 Å². The first-order valence-electron chi connectivity index (χ1n) is 12.4. The summed E-state index contributed by atoms with van der Waals surface area (Å²) in [6, 6.07) is 26.0. The molecule has 0 aliphatic carbocycles. The Bertz CT molecular complexity index is 1390. The number of allylic oxidation sites excluding steroid dienone is 1. The third-order valence-electron chi connectivity index (χ3n) is 7.67. The first kappa shape index (κ1) is 21.6. The molecule has 0 bridgehead atoms. The fraction of sp³-hybridized carbons (Fsp3) is 0.226. The van der Waals surface area contributed by atoms with Crippen molar-refractivity contribution in [3.8, 4) is 11.3 Å². The molecule has 0 saturated heterocycles. The number of aryl methyl sites for hydroxylation is 2. The Labute approximate surface area is 207 Å². The lowest BCUT2D eigenvalue weighted by molar-refractivity contribution is 0.369. The van der Waals surface area contributed by atoms with Crippen molar-refractivity contribution >= 4 is 22.9 Å². The first-order chi connectivity index (χ1) is 17.1. The number of anilines is 4. The maximum Gasteiger partial charge on any atom is 0.162 e. The molecule has 0 fully saturated rings. The lowest BCUT2D eigenvalue weighted by Crippen LogP contribution is -2.48. The molecular weight excluding hydrogens is 428 g/mol. The minimum absolute atomic E-state index is 0.0898. The number of rotatable bonds is 4. The van der Waals surface area contributed by atoms with Gasteiger partial charge in [-0.15, -0.1) is 6.58 Å². The first-order valence-corrected chi connectivity index (χ1v) is 12.4. The van der Waals surface area contributed by atoms with Crippen molar-refractivity contribution in [2.45, 2.75) is 39.3 Å². The molecule has 2 aliphatic rings. The molecule has 4 aromatic rings. The Balaban J connectivity index is 1.67. The molecule has 4 heteroatoms. The predicted octanol–water partition coefficient (Wildman–Crippen LogP) is 7.69. The Morgan fingerprint density at radius 2 is 1.57 bits per heavy atom. The van der Waals surface area contributed by atoms with E-state index in [4.69, 9.17) is 9.97 Å². The lowest BCUT2D eigenvalue weighted by atomic mass is 9.78. The van der Waals surface area contributed by atoms with Crippen LogP contribution in [0.2, 0.25) is 0 Å². The molecule has 0 N–H and O–H groups in total. The quantitative estimate of drug-likeness (QED) is 0.294. The van der Waals surface area contributed by atoms with Crippen LogP contribution in [0.4, 0.5) is 22.9 Å². The van der Waals surface area contributed by atoms with Gasteiger partial charge in [0, 0.05) is 22.9 Å². The average Bonchev–Trinajstić information content (AvgIpc) is 3.23. The molecule has 4 nitrogen and oxygen atoms in total. The minimum atomic E-state index is 0.0898. The molecule has 0 radical (unpaired) electrons. The van der Waals surface area contributed by atoms with E-state index in [0.29, 0.717) is 11.8 Å². The van der Waals surface area contributed by atoms with Crippen LogP contribution in [0, 0.1) is 19.8 Å². The number of para-hydroxylation sites is 2. The second-order valence-electron chi connectivity index (χ2n) is 9.70. The number of nitrogens with zero attached hydrogens (tertiary/aromatic N) is 4. The van der Waals surface area contributed by atoms with Gasteiger partial charge >= 0.3 is 0 Å². The van der Waals surface area contributed by atoms with Gasteiger partial charge in [0.15, 0.2) is 5.82 Å². The molecule has 3 atom stereocenters. The van der Waals surface area contributed by atoms with Crippen molar-refractivity contribution in [3.63, 3.8) is 0 Å². The predicted molar refractivity (Wildman–Crippen MR) is 145 cm³/mol. The molecule has 174 valence electrons. The molecule has 6 rings (SSSR count). The van der Waals surface area contributed by atoms with Crippen LogP contribution >= 0.6 is 0 Å². The number of hydrogen-bond acceptors (Lipinski definition) is 4. The SMILES string of the molecule is C=CCC1c2ccccc2N2c3ncnc(-c4c(C)cccc4C)c3N(c3ccccc3)C2C1C. The zero-order chi connectivity index (χ0) is 24.1. The summed E-state index contributed by atoms with van der Waals surface area (Å²) in [6.07, 6.45) is 4.82. The highest BCUT2D eigenvalue weighted by Crippen LogP contribution is 2.57. The lowest BCUT2D eigenvalue weighted by Gasteiger charge is -2.45. The molecular formula is C31H30N4. The van der Waals surface area contributed by atoms with Crippen molar-refractivity contribution in [3.05, 3.63) is 108 Å². The fourth-order valence-electron chi connectivity index (χ4n) is 6.14. The van der Waals surface area contributed by atoms with E-state index in [-0.39, 0.29) is 6.17 Å². The smallest absolute Gasteiger partial charge is 0.162 e. The van der Waals surface area contributed by atoms with Crippen LogP contribution < -0.4 is 9.80 Å². The third kappa shape index (κ3) is 3.20. The molecule has 3 heterocycles. The van der Waals surface area contributed by atoms with Crippen LogP contribution in [0.15, 0.2) is 91.8 Å². The highest BCUT2D eigenvalue weighted by Gasteiger charge is 2.49. The van der Waals surface area contributed by atoms with Crippen LogP contribution in [-0.2, 0) is 0 Å². The zero-order valence-electron chi connectivity index (χ0n) is 20.5. The van der Waals surface area contributed by atoms with E-state index in [0.717, 1.165) is 29.3 Å². The summed E-state index contributed by atoms with van der Waals surface area (Å²) in [5.74, 6) is 1.69. The van der Waals surface area contributed by atoms with E-state index in [1.807, 2.05) is 0 Å². The second kappa shape index (κ2) is 8.38. The van der Waals surface area contributed by atoms with Gasteiger partial charge in [-0.1, -0.05) is 67.6 Å². The summed E-state index contributed by atoms with van der Waals surface area (Å²) >= 11 is 0. The summed E-state index contributed by atoms with van der Waals surface area (Å²) in [6.45, 7) is 10.8. The van der Waals surface area contributed by atoms with Gasteiger partial charge in [-0.3, -0.25) is 0 Å². The van der Waals surface area contributed by atoms with E-state index in [1.54, 1.807) is 6.33 Å². The Hall–Kier alpha value is -3.92. The highest BCUT2D eigenvalue weighted by atomic mass is 15.5. The largest absolute Gasteiger partial charge is 0.315 e. The topological polar surface area (TPSA) is 32.3 Å². The number of aromatic nitrogens is 2. The maximum atomic E-state index is 4.92. The van der Waals surface area contributed by atoms with E-state index in [1.165, 1.54) is 27.9 Å². The molecule has 3 aromatic carbocycles. The third-order valence-corrected chi connectivity index (χ3v) is 7.67. The normalized spacial score (nSPS) is 20.3. The van der Waals surface area contributed by atoms with Crippen molar-refractivity contribution in [2.24, 2.45) is 5.92 Å². The second-order valence-corrected chi connectivity index (χ2v) is 9.70. The van der Waals surface area contributed by atoms with E-state index >= 15 is 0 Å². The van der Waals surface area contributed by atoms with Crippen molar-refractivity contribution in [1.29, 1.82) is 0 Å². The van der Waals surface area contributed by atoms with Crippen LogP contribution in [-0.4, -0.2) is 16.1 Å². The summed E-state index contributed by atoms with van der Waals surface area (Å²) in [4.78, 5) is 14.8. The van der Waals surface area contributed by atoms with Gasteiger partial charge in [0.2, 0.25) is 0 Å². The minimum Gasteiger partial charge on any atom is -0.315 e. The van der Waals surface area contributed by atoms with Crippen LogP contribution in [0.3, 0.4) is 0 Å². The standard InChI is InChI=1S/C31H30N4/c1-5-12-24-22(4)31-34(23-15-7-6-8-16-23)29-28(27-20(2)13-11-14-21(27)3)32-19-33-30(29)35(31)26-18-10-9-17-25(24)26/h5-11,13-19,22,24,31H,1,12H2,2-4H3. The van der Waals surface area contributed by atoms with Crippen molar-refractivity contribution in [1.82, 2.24) is 9.97 Å². The molecule has 0 spiro atoms. The average molecular weight is 459 g/mol. The Morgan fingerprint density at radius 3 is 2.31 bits per heavy atom. The van der Waals surface area contributed by atoms with Crippen LogP contribution in [0.1, 0.15) is 36.0 Å². The molecule has 1 aromatic heterocycles. The number of benzene rings is 3. The molecule has 3 unspecified atom stereocenters. The van der Waals surface area contributed by atoms with Crippen molar-refractivity contribution < 1.29 is 0 Å². The summed E-state index contributed by atoms with van der Waals surface area (Å²) in [7, 11) is 0. The van der Waals surface area contributed by atoms with Crippen LogP contribution in [0.5, 0.6) is 0 Å². The Kier molecular flexibility index (Phi) is 5.18. The monoisotopic (exact) mass is 458 g/mol. The molecule has 0 saturated carbocycles. The van der Waals surface area contributed by atoms with Gasteiger partial charge in [-0.25, -0.2) is 9.97 Å². The molecule has 0 amide bonds. The number of hydrogen-bond donors (Lipinski definition) is 0. The fourth-order valence-corrected chi connectivity index (χ4v) is 6.14. The van der Waals surface area contributed by atoms with Crippen molar-refractivity contribution in [2.75, 3.05) is 9.80 Å². The van der Waals surface area contributed by atoms with Gasteiger partial charge in [0.25, 0.3) is 0 Å². The maximum absolute atomic E-state index is 4.92. The molecule has 35 heavy (non-hydrogen) atoms. The van der Waals surface area contributed by atoms with E-state index in [9.17, 15) is 0 Å².